The standard InChI is InChI=1S/C12H11N3O2S2/c1-8-3-2-4-11(10(8)6-13)15-19(16,17)12-5-9(14)7-18-12/h2-5,7,15H,14H2,1H3. The van der Waals surface area contributed by atoms with Gasteiger partial charge >= 0.3 is 0 Å². The van der Waals surface area contributed by atoms with Gasteiger partial charge in [0.2, 0.25) is 0 Å². The molecule has 1 aromatic heterocycles. The lowest BCUT2D eigenvalue weighted by atomic mass is 10.1. The van der Waals surface area contributed by atoms with Crippen molar-refractivity contribution in [3.05, 3.63) is 40.8 Å². The van der Waals surface area contributed by atoms with Gasteiger partial charge < -0.3 is 5.73 Å². The van der Waals surface area contributed by atoms with Crippen LogP contribution in [0, 0.1) is 18.3 Å². The number of rotatable bonds is 3. The quantitative estimate of drug-likeness (QED) is 0.907. The topological polar surface area (TPSA) is 96.0 Å². The average Bonchev–Trinajstić information content (AvgIpc) is 2.76. The van der Waals surface area contributed by atoms with Gasteiger partial charge in [0.1, 0.15) is 10.3 Å². The van der Waals surface area contributed by atoms with Crippen LogP contribution in [0.15, 0.2) is 33.9 Å². The SMILES string of the molecule is Cc1cccc(NS(=O)(=O)c2cc(N)cs2)c1C#N. The molecular formula is C12H11N3O2S2. The molecular weight excluding hydrogens is 282 g/mol. The van der Waals surface area contributed by atoms with Crippen LogP contribution in [0.1, 0.15) is 11.1 Å². The minimum Gasteiger partial charge on any atom is -0.398 e. The summed E-state index contributed by atoms with van der Waals surface area (Å²) in [7, 11) is -3.70. The van der Waals surface area contributed by atoms with E-state index < -0.39 is 10.0 Å². The van der Waals surface area contributed by atoms with Crippen LogP contribution < -0.4 is 10.5 Å². The fourth-order valence-electron chi connectivity index (χ4n) is 1.57. The Labute approximate surface area is 115 Å². The first-order valence-electron chi connectivity index (χ1n) is 5.30. The number of anilines is 2. The summed E-state index contributed by atoms with van der Waals surface area (Å²) < 4.78 is 26.8. The van der Waals surface area contributed by atoms with E-state index in [2.05, 4.69) is 4.72 Å². The van der Waals surface area contributed by atoms with E-state index in [1.165, 1.54) is 6.07 Å². The minimum absolute atomic E-state index is 0.121. The number of nitriles is 1. The van der Waals surface area contributed by atoms with Gasteiger partial charge in [0, 0.05) is 11.1 Å². The fraction of sp³-hybridized carbons (Fsp3) is 0.0833. The molecule has 98 valence electrons. The molecule has 0 fully saturated rings. The lowest BCUT2D eigenvalue weighted by molar-refractivity contribution is 0.603. The molecule has 0 saturated heterocycles. The molecule has 2 aromatic rings. The van der Waals surface area contributed by atoms with Gasteiger partial charge in [0.15, 0.2) is 0 Å². The van der Waals surface area contributed by atoms with Crippen LogP contribution in [0.2, 0.25) is 0 Å². The Bertz CT molecular complexity index is 758. The molecule has 3 N–H and O–H groups in total. The van der Waals surface area contributed by atoms with E-state index in [0.717, 1.165) is 11.3 Å². The van der Waals surface area contributed by atoms with Crippen molar-refractivity contribution in [1.29, 1.82) is 5.26 Å². The van der Waals surface area contributed by atoms with Crippen LogP contribution in [-0.4, -0.2) is 8.42 Å². The van der Waals surface area contributed by atoms with E-state index in [0.29, 0.717) is 16.8 Å². The second kappa shape index (κ2) is 4.91. The van der Waals surface area contributed by atoms with Crippen LogP contribution >= 0.6 is 11.3 Å². The Balaban J connectivity index is 2.42. The number of thiophene rings is 1. The molecule has 0 radical (unpaired) electrons. The highest BCUT2D eigenvalue weighted by molar-refractivity contribution is 7.94. The van der Waals surface area contributed by atoms with Gasteiger partial charge in [-0.3, -0.25) is 4.72 Å². The molecule has 0 aliphatic carbocycles. The maximum atomic E-state index is 12.1. The molecule has 0 saturated carbocycles. The average molecular weight is 293 g/mol. The molecule has 0 unspecified atom stereocenters. The number of sulfonamides is 1. The number of nitrogens with two attached hydrogens (primary N) is 1. The Morgan fingerprint density at radius 2 is 2.16 bits per heavy atom. The van der Waals surface area contributed by atoms with E-state index >= 15 is 0 Å². The van der Waals surface area contributed by atoms with E-state index in [1.807, 2.05) is 6.07 Å². The van der Waals surface area contributed by atoms with Crippen LogP contribution in [-0.2, 0) is 10.0 Å². The van der Waals surface area contributed by atoms with Crippen molar-refractivity contribution in [2.75, 3.05) is 10.5 Å². The fourth-order valence-corrected chi connectivity index (χ4v) is 3.72. The number of hydrogen-bond donors (Lipinski definition) is 2. The molecule has 0 amide bonds. The summed E-state index contributed by atoms with van der Waals surface area (Å²) in [6.07, 6.45) is 0. The zero-order valence-corrected chi connectivity index (χ0v) is 11.7. The molecule has 0 aliphatic heterocycles. The van der Waals surface area contributed by atoms with Crippen molar-refractivity contribution in [3.63, 3.8) is 0 Å². The van der Waals surface area contributed by atoms with Gasteiger partial charge in [-0.05, 0) is 24.6 Å². The minimum atomic E-state index is -3.70. The molecule has 1 heterocycles. The van der Waals surface area contributed by atoms with E-state index in [1.54, 1.807) is 30.5 Å². The molecule has 1 aromatic carbocycles. The van der Waals surface area contributed by atoms with Gasteiger partial charge in [-0.2, -0.15) is 5.26 Å². The van der Waals surface area contributed by atoms with Crippen LogP contribution in [0.25, 0.3) is 0 Å². The maximum Gasteiger partial charge on any atom is 0.271 e. The zero-order chi connectivity index (χ0) is 14.0. The van der Waals surface area contributed by atoms with Crippen LogP contribution in [0.4, 0.5) is 11.4 Å². The lowest BCUT2D eigenvalue weighted by Gasteiger charge is -2.09. The molecule has 0 spiro atoms. The predicted octanol–water partition coefficient (Wildman–Crippen LogP) is 2.31. The summed E-state index contributed by atoms with van der Waals surface area (Å²) in [5.74, 6) is 0. The lowest BCUT2D eigenvalue weighted by Crippen LogP contribution is -2.12. The summed E-state index contributed by atoms with van der Waals surface area (Å²) in [6.45, 7) is 1.75. The summed E-state index contributed by atoms with van der Waals surface area (Å²) in [4.78, 5) is 0. The van der Waals surface area contributed by atoms with Crippen molar-refractivity contribution in [1.82, 2.24) is 0 Å². The number of nitrogens with zero attached hydrogens (tertiary/aromatic N) is 1. The second-order valence-corrected chi connectivity index (χ2v) is 6.73. The van der Waals surface area contributed by atoms with Crippen molar-refractivity contribution in [2.24, 2.45) is 0 Å². The van der Waals surface area contributed by atoms with E-state index in [9.17, 15) is 8.42 Å². The Morgan fingerprint density at radius 1 is 1.42 bits per heavy atom. The first-order valence-corrected chi connectivity index (χ1v) is 7.67. The molecule has 0 aliphatic rings. The third kappa shape index (κ3) is 2.70. The third-order valence-corrected chi connectivity index (χ3v) is 5.31. The maximum absolute atomic E-state index is 12.1. The van der Waals surface area contributed by atoms with Crippen molar-refractivity contribution in [3.8, 4) is 6.07 Å². The number of hydrogen-bond acceptors (Lipinski definition) is 5. The summed E-state index contributed by atoms with van der Waals surface area (Å²) >= 11 is 1.04. The molecule has 0 bridgehead atoms. The van der Waals surface area contributed by atoms with E-state index in [-0.39, 0.29) is 9.90 Å². The monoisotopic (exact) mass is 293 g/mol. The highest BCUT2D eigenvalue weighted by atomic mass is 32.2. The summed E-state index contributed by atoms with van der Waals surface area (Å²) in [6, 6.07) is 8.38. The summed E-state index contributed by atoms with van der Waals surface area (Å²) in [5.41, 5.74) is 7.22. The van der Waals surface area contributed by atoms with Gasteiger partial charge in [-0.1, -0.05) is 12.1 Å². The molecule has 5 nitrogen and oxygen atoms in total. The van der Waals surface area contributed by atoms with Crippen LogP contribution in [0.5, 0.6) is 0 Å². The number of nitrogens with one attached hydrogen (secondary N) is 1. The first-order chi connectivity index (χ1) is 8.94. The Morgan fingerprint density at radius 3 is 2.74 bits per heavy atom. The molecule has 7 heteroatoms. The second-order valence-electron chi connectivity index (χ2n) is 3.91. The number of nitrogen functional groups attached to an aromatic ring is 1. The Kier molecular flexibility index (Phi) is 3.46. The Hall–Kier alpha value is -2.04. The number of aryl methyl sites for hydroxylation is 1. The molecule has 0 atom stereocenters. The first kappa shape index (κ1) is 13.4. The number of benzene rings is 1. The van der Waals surface area contributed by atoms with Crippen molar-refractivity contribution in [2.45, 2.75) is 11.1 Å². The largest absolute Gasteiger partial charge is 0.398 e. The third-order valence-electron chi connectivity index (χ3n) is 2.49. The van der Waals surface area contributed by atoms with E-state index in [4.69, 9.17) is 11.0 Å². The van der Waals surface area contributed by atoms with Gasteiger partial charge in [0.05, 0.1) is 11.3 Å². The van der Waals surface area contributed by atoms with Crippen LogP contribution in [0.3, 0.4) is 0 Å². The van der Waals surface area contributed by atoms with Gasteiger partial charge in [-0.25, -0.2) is 8.42 Å². The molecule has 2 rings (SSSR count). The molecule has 19 heavy (non-hydrogen) atoms. The highest BCUT2D eigenvalue weighted by Crippen LogP contribution is 2.26. The zero-order valence-electron chi connectivity index (χ0n) is 10.0. The normalized spacial score (nSPS) is 10.9. The van der Waals surface area contributed by atoms with Crippen molar-refractivity contribution < 1.29 is 8.42 Å². The predicted molar refractivity (Wildman–Crippen MR) is 75.4 cm³/mol. The summed E-state index contributed by atoms with van der Waals surface area (Å²) in [5, 5.41) is 10.6. The van der Waals surface area contributed by atoms with Crippen molar-refractivity contribution >= 4 is 32.7 Å². The smallest absolute Gasteiger partial charge is 0.271 e. The van der Waals surface area contributed by atoms with Gasteiger partial charge in [-0.15, -0.1) is 11.3 Å². The van der Waals surface area contributed by atoms with Gasteiger partial charge in [0.25, 0.3) is 10.0 Å². The highest BCUT2D eigenvalue weighted by Gasteiger charge is 2.18.